The maximum absolute atomic E-state index is 12.1. The van der Waals surface area contributed by atoms with E-state index in [-0.39, 0.29) is 18.6 Å². The van der Waals surface area contributed by atoms with Crippen LogP contribution in [0.4, 0.5) is 0 Å². The number of aryl methyl sites for hydroxylation is 2. The van der Waals surface area contributed by atoms with E-state index in [1.165, 1.54) is 36.0 Å². The third-order valence-corrected chi connectivity index (χ3v) is 4.36. The van der Waals surface area contributed by atoms with Gasteiger partial charge in [0, 0.05) is 0 Å². The van der Waals surface area contributed by atoms with Gasteiger partial charge in [-0.1, -0.05) is 36.4 Å². The Kier molecular flexibility index (Phi) is 4.96. The first kappa shape index (κ1) is 15.6. The minimum absolute atomic E-state index is 0.00546. The summed E-state index contributed by atoms with van der Waals surface area (Å²) in [6, 6.07) is 16.0. The minimum Gasteiger partial charge on any atom is -0.484 e. The van der Waals surface area contributed by atoms with Crippen LogP contribution in [-0.4, -0.2) is 12.5 Å². The summed E-state index contributed by atoms with van der Waals surface area (Å²) >= 11 is 0. The molecule has 0 unspecified atom stereocenters. The summed E-state index contributed by atoms with van der Waals surface area (Å²) in [7, 11) is 0. The summed E-state index contributed by atoms with van der Waals surface area (Å²) in [6.45, 7) is 2.06. The van der Waals surface area contributed by atoms with Gasteiger partial charge in [0.15, 0.2) is 6.61 Å². The van der Waals surface area contributed by atoms with E-state index in [0.29, 0.717) is 5.75 Å². The Morgan fingerprint density at radius 3 is 2.61 bits per heavy atom. The third-order valence-electron chi connectivity index (χ3n) is 4.36. The van der Waals surface area contributed by atoms with Crippen LogP contribution in [-0.2, 0) is 17.6 Å². The Hall–Kier alpha value is -2.29. The first-order valence-electron chi connectivity index (χ1n) is 8.31. The molecular weight excluding hydrogens is 286 g/mol. The summed E-state index contributed by atoms with van der Waals surface area (Å²) in [5.74, 6) is 0.614. The fourth-order valence-corrected chi connectivity index (χ4v) is 3.05. The number of hydrogen-bond acceptors (Lipinski definition) is 2. The van der Waals surface area contributed by atoms with Gasteiger partial charge >= 0.3 is 0 Å². The van der Waals surface area contributed by atoms with E-state index in [2.05, 4.69) is 23.5 Å². The van der Waals surface area contributed by atoms with Crippen LogP contribution in [0.5, 0.6) is 5.75 Å². The van der Waals surface area contributed by atoms with Crippen molar-refractivity contribution in [2.24, 2.45) is 0 Å². The molecule has 3 heteroatoms. The van der Waals surface area contributed by atoms with Crippen molar-refractivity contribution in [2.45, 2.75) is 38.6 Å². The standard InChI is InChI=1S/C20H23NO2/c1-15(17-12-11-16-7-5-6-8-18(16)13-17)21-20(22)14-23-19-9-3-2-4-10-19/h2-4,9-13,15H,5-8,14H2,1H3,(H,21,22)/t15-/m0/s1. The molecule has 1 aliphatic carbocycles. The second-order valence-corrected chi connectivity index (χ2v) is 6.13. The summed E-state index contributed by atoms with van der Waals surface area (Å²) in [5, 5.41) is 3.01. The van der Waals surface area contributed by atoms with Crippen molar-refractivity contribution in [3.05, 3.63) is 65.2 Å². The van der Waals surface area contributed by atoms with Gasteiger partial charge in [0.2, 0.25) is 0 Å². The lowest BCUT2D eigenvalue weighted by atomic mass is 9.89. The Bertz CT molecular complexity index is 667. The largest absolute Gasteiger partial charge is 0.484 e. The van der Waals surface area contributed by atoms with Crippen molar-refractivity contribution in [2.75, 3.05) is 6.61 Å². The SMILES string of the molecule is C[C@H](NC(=O)COc1ccccc1)c1ccc2c(c1)CCCC2. The lowest BCUT2D eigenvalue weighted by Crippen LogP contribution is -2.31. The van der Waals surface area contributed by atoms with E-state index in [1.54, 1.807) is 0 Å². The first-order chi connectivity index (χ1) is 11.2. The number of para-hydroxylation sites is 1. The number of ether oxygens (including phenoxy) is 1. The average Bonchev–Trinajstić information content (AvgIpc) is 2.60. The molecule has 0 saturated carbocycles. The highest BCUT2D eigenvalue weighted by Gasteiger charge is 2.14. The molecule has 3 rings (SSSR count). The molecule has 0 saturated heterocycles. The van der Waals surface area contributed by atoms with Crippen LogP contribution in [0.15, 0.2) is 48.5 Å². The molecule has 23 heavy (non-hydrogen) atoms. The number of nitrogens with one attached hydrogen (secondary N) is 1. The molecular formula is C20H23NO2. The zero-order valence-corrected chi connectivity index (χ0v) is 13.5. The summed E-state index contributed by atoms with van der Waals surface area (Å²) in [4.78, 5) is 12.1. The van der Waals surface area contributed by atoms with Gasteiger partial charge in [-0.05, 0) is 61.4 Å². The number of hydrogen-bond donors (Lipinski definition) is 1. The lowest BCUT2D eigenvalue weighted by molar-refractivity contribution is -0.123. The number of fused-ring (bicyclic) bond motifs is 1. The summed E-state index contributed by atoms with van der Waals surface area (Å²) in [5.41, 5.74) is 4.07. The van der Waals surface area contributed by atoms with Crippen LogP contribution in [0, 0.1) is 0 Å². The quantitative estimate of drug-likeness (QED) is 0.912. The van der Waals surface area contributed by atoms with Crippen molar-refractivity contribution in [3.63, 3.8) is 0 Å². The molecule has 2 aromatic rings. The van der Waals surface area contributed by atoms with Crippen molar-refractivity contribution < 1.29 is 9.53 Å². The highest BCUT2D eigenvalue weighted by atomic mass is 16.5. The molecule has 0 aromatic heterocycles. The number of rotatable bonds is 5. The molecule has 1 aliphatic rings. The molecule has 0 bridgehead atoms. The van der Waals surface area contributed by atoms with Crippen LogP contribution in [0.25, 0.3) is 0 Å². The normalized spacial score (nSPS) is 14.7. The topological polar surface area (TPSA) is 38.3 Å². The maximum Gasteiger partial charge on any atom is 0.258 e. The van der Waals surface area contributed by atoms with Gasteiger partial charge in [0.1, 0.15) is 5.75 Å². The molecule has 3 nitrogen and oxygen atoms in total. The predicted molar refractivity (Wildman–Crippen MR) is 91.6 cm³/mol. The number of carbonyl (C=O) groups is 1. The number of amides is 1. The highest BCUT2D eigenvalue weighted by molar-refractivity contribution is 5.78. The molecule has 1 amide bonds. The van der Waals surface area contributed by atoms with Crippen molar-refractivity contribution in [1.82, 2.24) is 5.32 Å². The Balaban J connectivity index is 1.56. The predicted octanol–water partition coefficient (Wildman–Crippen LogP) is 3.82. The van der Waals surface area contributed by atoms with Gasteiger partial charge in [-0.25, -0.2) is 0 Å². The van der Waals surface area contributed by atoms with Crippen molar-refractivity contribution in [3.8, 4) is 5.75 Å². The minimum atomic E-state index is -0.0981. The van der Waals surface area contributed by atoms with Gasteiger partial charge in [0.05, 0.1) is 6.04 Å². The fraction of sp³-hybridized carbons (Fsp3) is 0.350. The molecule has 2 aromatic carbocycles. The first-order valence-corrected chi connectivity index (χ1v) is 8.31. The molecule has 1 N–H and O–H groups in total. The third kappa shape index (κ3) is 4.13. The van der Waals surface area contributed by atoms with E-state index in [0.717, 1.165) is 6.42 Å². The monoisotopic (exact) mass is 309 g/mol. The molecule has 0 aliphatic heterocycles. The van der Waals surface area contributed by atoms with Crippen LogP contribution in [0.2, 0.25) is 0 Å². The highest BCUT2D eigenvalue weighted by Crippen LogP contribution is 2.24. The second kappa shape index (κ2) is 7.32. The second-order valence-electron chi connectivity index (χ2n) is 6.13. The fourth-order valence-electron chi connectivity index (χ4n) is 3.05. The molecule has 1 atom stereocenters. The van der Waals surface area contributed by atoms with E-state index in [9.17, 15) is 4.79 Å². The Morgan fingerprint density at radius 2 is 1.83 bits per heavy atom. The van der Waals surface area contributed by atoms with Crippen molar-refractivity contribution >= 4 is 5.91 Å². The van der Waals surface area contributed by atoms with E-state index in [1.807, 2.05) is 37.3 Å². The maximum atomic E-state index is 12.1. The van der Waals surface area contributed by atoms with Gasteiger partial charge in [-0.15, -0.1) is 0 Å². The molecule has 0 fully saturated rings. The molecule has 0 spiro atoms. The number of carbonyl (C=O) groups excluding carboxylic acids is 1. The van der Waals surface area contributed by atoms with Gasteiger partial charge in [0.25, 0.3) is 5.91 Å². The lowest BCUT2D eigenvalue weighted by Gasteiger charge is -2.20. The average molecular weight is 309 g/mol. The van der Waals surface area contributed by atoms with Gasteiger partial charge < -0.3 is 10.1 Å². The van der Waals surface area contributed by atoms with Gasteiger partial charge in [-0.2, -0.15) is 0 Å². The zero-order valence-electron chi connectivity index (χ0n) is 13.5. The molecule has 0 heterocycles. The van der Waals surface area contributed by atoms with Crippen LogP contribution in [0.1, 0.15) is 42.5 Å². The van der Waals surface area contributed by atoms with E-state index in [4.69, 9.17) is 4.74 Å². The zero-order chi connectivity index (χ0) is 16.1. The van der Waals surface area contributed by atoms with Crippen molar-refractivity contribution in [1.29, 1.82) is 0 Å². The smallest absolute Gasteiger partial charge is 0.258 e. The Labute approximate surface area is 137 Å². The summed E-state index contributed by atoms with van der Waals surface area (Å²) in [6.07, 6.45) is 4.89. The molecule has 0 radical (unpaired) electrons. The van der Waals surface area contributed by atoms with Crippen LogP contribution in [0.3, 0.4) is 0 Å². The van der Waals surface area contributed by atoms with Crippen LogP contribution >= 0.6 is 0 Å². The van der Waals surface area contributed by atoms with E-state index < -0.39 is 0 Å². The van der Waals surface area contributed by atoms with E-state index >= 15 is 0 Å². The molecule has 120 valence electrons. The number of benzene rings is 2. The summed E-state index contributed by atoms with van der Waals surface area (Å²) < 4.78 is 5.48. The Morgan fingerprint density at radius 1 is 1.09 bits per heavy atom. The van der Waals surface area contributed by atoms with Gasteiger partial charge in [-0.3, -0.25) is 4.79 Å². The van der Waals surface area contributed by atoms with Crippen LogP contribution < -0.4 is 10.1 Å².